The van der Waals surface area contributed by atoms with Crippen LogP contribution in [0.1, 0.15) is 5.56 Å². The second kappa shape index (κ2) is 4.61. The Bertz CT molecular complexity index is 573. The number of imide groups is 2. The summed E-state index contributed by atoms with van der Waals surface area (Å²) < 4.78 is 0.435. The monoisotopic (exact) mass is 310 g/mol. The molecule has 1 aliphatic heterocycles. The van der Waals surface area contributed by atoms with Crippen molar-refractivity contribution in [2.75, 3.05) is 0 Å². The van der Waals surface area contributed by atoms with Crippen molar-refractivity contribution in [3.63, 3.8) is 0 Å². The zero-order chi connectivity index (χ0) is 13.3. The molecule has 2 rings (SSSR count). The normalized spacial score (nSPS) is 15.2. The number of hydrogen-bond acceptors (Lipinski definition) is 4. The Hall–Kier alpha value is -2.15. The summed E-state index contributed by atoms with van der Waals surface area (Å²) in [5.74, 6) is -1.47. The summed E-state index contributed by atoms with van der Waals surface area (Å²) in [7, 11) is 0. The van der Waals surface area contributed by atoms with Gasteiger partial charge in [-0.25, -0.2) is 4.79 Å². The first-order valence-electron chi connectivity index (χ1n) is 4.84. The molecule has 1 heterocycles. The van der Waals surface area contributed by atoms with Gasteiger partial charge in [0, 0.05) is 0 Å². The Balaban J connectivity index is 2.37. The zero-order valence-electron chi connectivity index (χ0n) is 8.86. The lowest BCUT2D eigenvalue weighted by Crippen LogP contribution is -2.51. The molecule has 6 nitrogen and oxygen atoms in total. The minimum atomic E-state index is -0.839. The van der Waals surface area contributed by atoms with E-state index in [-0.39, 0.29) is 11.3 Å². The van der Waals surface area contributed by atoms with Crippen molar-refractivity contribution in [2.24, 2.45) is 0 Å². The molecule has 1 aromatic rings. The fourth-order valence-electron chi connectivity index (χ4n) is 1.39. The van der Waals surface area contributed by atoms with Gasteiger partial charge in [-0.05, 0) is 39.7 Å². The van der Waals surface area contributed by atoms with Crippen LogP contribution in [0.3, 0.4) is 0 Å². The van der Waals surface area contributed by atoms with E-state index in [4.69, 9.17) is 0 Å². The van der Waals surface area contributed by atoms with Crippen molar-refractivity contribution < 1.29 is 19.5 Å². The molecule has 0 spiro atoms. The lowest BCUT2D eigenvalue weighted by molar-refractivity contribution is -0.123. The summed E-state index contributed by atoms with van der Waals surface area (Å²) in [6, 6.07) is 3.65. The summed E-state index contributed by atoms with van der Waals surface area (Å²) in [5, 5.41) is 13.3. The van der Waals surface area contributed by atoms with Gasteiger partial charge in [0.1, 0.15) is 11.3 Å². The molecule has 3 N–H and O–H groups in total. The van der Waals surface area contributed by atoms with Gasteiger partial charge in [-0.3, -0.25) is 20.2 Å². The van der Waals surface area contributed by atoms with Gasteiger partial charge >= 0.3 is 6.03 Å². The van der Waals surface area contributed by atoms with Crippen molar-refractivity contribution in [3.8, 4) is 5.75 Å². The first-order valence-corrected chi connectivity index (χ1v) is 5.63. The van der Waals surface area contributed by atoms with E-state index in [1.54, 1.807) is 6.07 Å². The molecule has 1 saturated heterocycles. The van der Waals surface area contributed by atoms with Gasteiger partial charge < -0.3 is 5.11 Å². The van der Waals surface area contributed by atoms with Crippen molar-refractivity contribution in [1.29, 1.82) is 0 Å². The van der Waals surface area contributed by atoms with E-state index in [1.165, 1.54) is 18.2 Å². The first kappa shape index (κ1) is 12.3. The molecule has 92 valence electrons. The smallest absolute Gasteiger partial charge is 0.328 e. The molecule has 0 bridgehead atoms. The Labute approximate surface area is 110 Å². The molecule has 0 aromatic heterocycles. The SMILES string of the molecule is O=C1NC(=O)C(=Cc2ccc(O)c(Br)c2)C(=O)N1. The van der Waals surface area contributed by atoms with Gasteiger partial charge in [0.15, 0.2) is 0 Å². The number of urea groups is 1. The quantitative estimate of drug-likeness (QED) is 0.530. The number of carbonyl (C=O) groups excluding carboxylic acids is 3. The fraction of sp³-hybridized carbons (Fsp3) is 0. The van der Waals surface area contributed by atoms with Crippen LogP contribution in [0.4, 0.5) is 4.79 Å². The Morgan fingerprint density at radius 1 is 1.11 bits per heavy atom. The highest BCUT2D eigenvalue weighted by molar-refractivity contribution is 9.10. The summed E-state index contributed by atoms with van der Waals surface area (Å²) in [5.41, 5.74) is 0.363. The van der Waals surface area contributed by atoms with Crippen LogP contribution >= 0.6 is 15.9 Å². The maximum atomic E-state index is 11.4. The molecule has 4 amide bonds. The zero-order valence-corrected chi connectivity index (χ0v) is 10.4. The number of carbonyl (C=O) groups is 3. The fourth-order valence-corrected chi connectivity index (χ4v) is 1.78. The summed E-state index contributed by atoms with van der Waals surface area (Å²) in [4.78, 5) is 33.7. The maximum absolute atomic E-state index is 11.4. The second-order valence-corrected chi connectivity index (χ2v) is 4.36. The van der Waals surface area contributed by atoms with Crippen molar-refractivity contribution in [1.82, 2.24) is 10.6 Å². The molecule has 0 aliphatic carbocycles. The van der Waals surface area contributed by atoms with Crippen molar-refractivity contribution in [2.45, 2.75) is 0 Å². The number of rotatable bonds is 1. The topological polar surface area (TPSA) is 95.5 Å². The molecule has 7 heteroatoms. The van der Waals surface area contributed by atoms with Gasteiger partial charge in [0.25, 0.3) is 11.8 Å². The molecular formula is C11H7BrN2O4. The van der Waals surface area contributed by atoms with E-state index in [0.29, 0.717) is 10.0 Å². The van der Waals surface area contributed by atoms with E-state index in [1.807, 2.05) is 10.6 Å². The molecular weight excluding hydrogens is 304 g/mol. The molecule has 18 heavy (non-hydrogen) atoms. The maximum Gasteiger partial charge on any atom is 0.328 e. The van der Waals surface area contributed by atoms with Crippen LogP contribution in [0, 0.1) is 0 Å². The van der Waals surface area contributed by atoms with E-state index in [9.17, 15) is 19.5 Å². The number of phenolic OH excluding ortho intramolecular Hbond substituents is 1. The van der Waals surface area contributed by atoms with E-state index < -0.39 is 17.8 Å². The highest BCUT2D eigenvalue weighted by Crippen LogP contribution is 2.25. The van der Waals surface area contributed by atoms with E-state index >= 15 is 0 Å². The minimum absolute atomic E-state index is 0.0462. The number of hydrogen-bond donors (Lipinski definition) is 3. The third-order valence-corrected chi connectivity index (χ3v) is 2.86. The van der Waals surface area contributed by atoms with E-state index in [2.05, 4.69) is 15.9 Å². The molecule has 1 fully saturated rings. The Kier molecular flexibility index (Phi) is 3.15. The van der Waals surface area contributed by atoms with Gasteiger partial charge in [0.05, 0.1) is 4.47 Å². The van der Waals surface area contributed by atoms with Gasteiger partial charge in [-0.1, -0.05) is 6.07 Å². The van der Waals surface area contributed by atoms with E-state index in [0.717, 1.165) is 0 Å². The number of nitrogens with one attached hydrogen (secondary N) is 2. The first-order chi connectivity index (χ1) is 8.47. The van der Waals surface area contributed by atoms with Crippen LogP contribution in [-0.2, 0) is 9.59 Å². The standard InChI is InChI=1S/C11H7BrN2O4/c12-7-4-5(1-2-8(7)15)3-6-9(16)13-11(18)14-10(6)17/h1-4,15H,(H2,13,14,16,17,18). The average Bonchev–Trinajstić information content (AvgIpc) is 2.28. The summed E-state index contributed by atoms with van der Waals surface area (Å²) in [6.07, 6.45) is 1.32. The van der Waals surface area contributed by atoms with Crippen molar-refractivity contribution in [3.05, 3.63) is 33.8 Å². The van der Waals surface area contributed by atoms with Crippen molar-refractivity contribution >= 4 is 39.9 Å². The number of benzene rings is 1. The van der Waals surface area contributed by atoms with Crippen LogP contribution in [-0.4, -0.2) is 23.0 Å². The molecule has 0 unspecified atom stereocenters. The predicted octanol–water partition coefficient (Wildman–Crippen LogP) is 0.904. The number of phenols is 1. The van der Waals surface area contributed by atoms with Crippen LogP contribution in [0.2, 0.25) is 0 Å². The average molecular weight is 311 g/mol. The number of barbiturate groups is 1. The summed E-state index contributed by atoms with van der Waals surface area (Å²) in [6.45, 7) is 0. The van der Waals surface area contributed by atoms with Crippen LogP contribution in [0.25, 0.3) is 6.08 Å². The number of amides is 4. The highest BCUT2D eigenvalue weighted by atomic mass is 79.9. The minimum Gasteiger partial charge on any atom is -0.507 e. The van der Waals surface area contributed by atoms with Crippen LogP contribution in [0.5, 0.6) is 5.75 Å². The molecule has 0 radical (unpaired) electrons. The third kappa shape index (κ3) is 2.40. The van der Waals surface area contributed by atoms with Crippen LogP contribution in [0.15, 0.2) is 28.2 Å². The predicted molar refractivity (Wildman–Crippen MR) is 65.5 cm³/mol. The Morgan fingerprint density at radius 3 is 2.28 bits per heavy atom. The third-order valence-electron chi connectivity index (χ3n) is 2.23. The van der Waals surface area contributed by atoms with Gasteiger partial charge in [-0.15, -0.1) is 0 Å². The summed E-state index contributed by atoms with van der Waals surface area (Å²) >= 11 is 3.12. The lowest BCUT2D eigenvalue weighted by Gasteiger charge is -2.13. The van der Waals surface area contributed by atoms with Gasteiger partial charge in [-0.2, -0.15) is 0 Å². The molecule has 1 aliphatic rings. The highest BCUT2D eigenvalue weighted by Gasteiger charge is 2.27. The van der Waals surface area contributed by atoms with Crippen LogP contribution < -0.4 is 10.6 Å². The molecule has 1 aromatic carbocycles. The lowest BCUT2D eigenvalue weighted by atomic mass is 10.1. The largest absolute Gasteiger partial charge is 0.507 e. The Morgan fingerprint density at radius 2 is 1.72 bits per heavy atom. The number of halogens is 1. The van der Waals surface area contributed by atoms with Gasteiger partial charge in [0.2, 0.25) is 0 Å². The number of aromatic hydroxyl groups is 1. The second-order valence-electron chi connectivity index (χ2n) is 3.51. The molecule has 0 saturated carbocycles. The molecule has 0 atom stereocenters.